The molecule has 0 aromatic rings. The number of quaternary nitrogens is 1. The Balaban J connectivity index is 4.44. The number of allylic oxidation sites excluding steroid dienone is 5. The molecule has 0 bridgehead atoms. The largest absolute Gasteiger partial charge is 0.472 e. The summed E-state index contributed by atoms with van der Waals surface area (Å²) in [6, 6.07) is -0.864. The Morgan fingerprint density at radius 3 is 1.57 bits per heavy atom. The summed E-state index contributed by atoms with van der Waals surface area (Å²) in [5, 5.41) is 13.8. The predicted molar refractivity (Wildman–Crippen MR) is 226 cm³/mol. The van der Waals surface area contributed by atoms with Crippen LogP contribution in [0.15, 0.2) is 36.5 Å². The maximum absolute atomic E-state index is 12.8. The number of unbranched alkanes of at least 4 members (excludes halogenated alkanes) is 22. The van der Waals surface area contributed by atoms with Gasteiger partial charge < -0.3 is 19.8 Å². The smallest absolute Gasteiger partial charge is 0.387 e. The number of carbonyl (C=O) groups is 1. The number of nitrogens with zero attached hydrogens (tertiary/aromatic N) is 1. The average Bonchev–Trinajstić information content (AvgIpc) is 3.10. The maximum atomic E-state index is 12.8. The van der Waals surface area contributed by atoms with Crippen molar-refractivity contribution in [2.45, 2.75) is 199 Å². The van der Waals surface area contributed by atoms with Crippen LogP contribution in [0.3, 0.4) is 0 Å². The number of hydrogen-bond donors (Lipinski definition) is 3. The predicted octanol–water partition coefficient (Wildman–Crippen LogP) is 11.9. The lowest BCUT2D eigenvalue weighted by molar-refractivity contribution is -0.870. The minimum Gasteiger partial charge on any atom is -0.387 e. The van der Waals surface area contributed by atoms with Crippen molar-refractivity contribution in [1.29, 1.82) is 0 Å². The van der Waals surface area contributed by atoms with E-state index in [1.807, 2.05) is 27.2 Å². The van der Waals surface area contributed by atoms with Gasteiger partial charge in [-0.25, -0.2) is 4.57 Å². The van der Waals surface area contributed by atoms with Gasteiger partial charge in [-0.2, -0.15) is 0 Å². The van der Waals surface area contributed by atoms with E-state index in [0.29, 0.717) is 17.4 Å². The topological polar surface area (TPSA) is 105 Å². The molecule has 0 radical (unpaired) electrons. The lowest BCUT2D eigenvalue weighted by Crippen LogP contribution is -2.45. The van der Waals surface area contributed by atoms with Crippen molar-refractivity contribution in [1.82, 2.24) is 5.32 Å². The molecule has 0 aromatic carbocycles. The molecule has 0 spiro atoms. The normalized spacial score (nSPS) is 14.8. The molecular weight excluding hydrogens is 683 g/mol. The van der Waals surface area contributed by atoms with Crippen molar-refractivity contribution in [2.75, 3.05) is 40.9 Å². The molecule has 8 nitrogen and oxygen atoms in total. The van der Waals surface area contributed by atoms with Gasteiger partial charge in [0.2, 0.25) is 5.91 Å². The summed E-state index contributed by atoms with van der Waals surface area (Å²) < 4.78 is 23.5. The molecule has 3 unspecified atom stereocenters. The fourth-order valence-corrected chi connectivity index (χ4v) is 6.77. The van der Waals surface area contributed by atoms with E-state index in [0.717, 1.165) is 51.4 Å². The van der Waals surface area contributed by atoms with Crippen molar-refractivity contribution >= 4 is 13.7 Å². The van der Waals surface area contributed by atoms with Crippen molar-refractivity contribution in [2.24, 2.45) is 0 Å². The van der Waals surface area contributed by atoms with Crippen LogP contribution in [0.2, 0.25) is 0 Å². The summed E-state index contributed by atoms with van der Waals surface area (Å²) in [7, 11) is 1.55. The van der Waals surface area contributed by atoms with E-state index in [9.17, 15) is 19.4 Å². The van der Waals surface area contributed by atoms with Crippen LogP contribution in [0.5, 0.6) is 0 Å². The SMILES string of the molecule is CCCC/C=C\CCCCCCCC(=O)NC(COP(=O)(O)OCC[N+](C)(C)C)C(O)/C=C/CC/C=C/CCCCCCCCCCCCCCCC. The van der Waals surface area contributed by atoms with E-state index < -0.39 is 20.0 Å². The van der Waals surface area contributed by atoms with Crippen LogP contribution in [0.25, 0.3) is 0 Å². The molecule has 312 valence electrons. The van der Waals surface area contributed by atoms with Gasteiger partial charge in [-0.05, 0) is 51.4 Å². The van der Waals surface area contributed by atoms with Gasteiger partial charge in [-0.3, -0.25) is 13.8 Å². The summed E-state index contributed by atoms with van der Waals surface area (Å²) in [5.74, 6) is -0.199. The molecular formula is C44H86N2O6P+. The van der Waals surface area contributed by atoms with Crippen molar-refractivity contribution < 1.29 is 32.9 Å². The zero-order valence-electron chi connectivity index (χ0n) is 35.3. The molecule has 0 heterocycles. The zero-order valence-corrected chi connectivity index (χ0v) is 36.1. The molecule has 0 fully saturated rings. The lowest BCUT2D eigenvalue weighted by Gasteiger charge is -2.25. The summed E-state index contributed by atoms with van der Waals surface area (Å²) in [6.45, 7) is 4.74. The number of aliphatic hydroxyl groups is 1. The first-order valence-electron chi connectivity index (χ1n) is 21.9. The van der Waals surface area contributed by atoms with Crippen LogP contribution in [0.4, 0.5) is 0 Å². The number of phosphoric ester groups is 1. The Morgan fingerprint density at radius 2 is 1.06 bits per heavy atom. The second-order valence-electron chi connectivity index (χ2n) is 16.1. The number of rotatable bonds is 39. The number of likely N-dealkylation sites (N-methyl/N-ethyl adjacent to an activating group) is 1. The highest BCUT2D eigenvalue weighted by molar-refractivity contribution is 7.47. The molecule has 0 aliphatic rings. The molecule has 0 aromatic heterocycles. The van der Waals surface area contributed by atoms with Gasteiger partial charge in [0, 0.05) is 6.42 Å². The molecule has 0 saturated carbocycles. The summed E-state index contributed by atoms with van der Waals surface area (Å²) in [5.41, 5.74) is 0. The van der Waals surface area contributed by atoms with Crippen molar-refractivity contribution in [3.8, 4) is 0 Å². The highest BCUT2D eigenvalue weighted by Crippen LogP contribution is 2.43. The minimum absolute atomic E-state index is 0.0544. The van der Waals surface area contributed by atoms with E-state index in [1.54, 1.807) is 6.08 Å². The Morgan fingerprint density at radius 1 is 0.623 bits per heavy atom. The van der Waals surface area contributed by atoms with Gasteiger partial charge in [0.25, 0.3) is 0 Å². The number of phosphoric acid groups is 1. The van der Waals surface area contributed by atoms with E-state index in [2.05, 4.69) is 43.5 Å². The fourth-order valence-electron chi connectivity index (χ4n) is 6.04. The Hall–Kier alpha value is -1.28. The molecule has 3 atom stereocenters. The number of carbonyl (C=O) groups excluding carboxylic acids is 1. The second kappa shape index (κ2) is 36.4. The summed E-state index contributed by atoms with van der Waals surface area (Å²) >= 11 is 0. The minimum atomic E-state index is -4.34. The monoisotopic (exact) mass is 770 g/mol. The number of nitrogens with one attached hydrogen (secondary N) is 1. The highest BCUT2D eigenvalue weighted by atomic mass is 31.2. The van der Waals surface area contributed by atoms with Gasteiger partial charge in [0.15, 0.2) is 0 Å². The van der Waals surface area contributed by atoms with Crippen LogP contribution < -0.4 is 5.32 Å². The third kappa shape index (κ3) is 38.8. The van der Waals surface area contributed by atoms with Crippen molar-refractivity contribution in [3.05, 3.63) is 36.5 Å². The number of amides is 1. The van der Waals surface area contributed by atoms with E-state index >= 15 is 0 Å². The molecule has 1 amide bonds. The first-order chi connectivity index (χ1) is 25.5. The lowest BCUT2D eigenvalue weighted by atomic mass is 10.0. The van der Waals surface area contributed by atoms with Gasteiger partial charge in [-0.15, -0.1) is 0 Å². The fraction of sp³-hybridized carbons (Fsp3) is 0.841. The molecule has 0 saturated heterocycles. The maximum Gasteiger partial charge on any atom is 0.472 e. The second-order valence-corrected chi connectivity index (χ2v) is 17.5. The third-order valence-corrected chi connectivity index (χ3v) is 10.6. The van der Waals surface area contributed by atoms with Crippen LogP contribution in [-0.4, -0.2) is 73.4 Å². The van der Waals surface area contributed by atoms with Crippen LogP contribution in [0.1, 0.15) is 187 Å². The van der Waals surface area contributed by atoms with Gasteiger partial charge in [0.05, 0.1) is 39.9 Å². The average molecular weight is 770 g/mol. The van der Waals surface area contributed by atoms with Crippen LogP contribution in [0, 0.1) is 0 Å². The standard InChI is InChI=1S/C44H85N2O6P/c1-6-8-10-12-14-16-18-19-20-21-22-23-24-25-26-28-29-31-33-35-37-43(47)42(41-52-53(49,50)51-40-39-46(3,4)5)45-44(48)38-36-34-32-30-27-17-15-13-11-9-7-2/h13,15,28-29,35,37,42-43,47H,6-12,14,16-27,30-34,36,38-41H2,1-5H3,(H-,45,48,49,50)/p+1/b15-13-,29-28+,37-35+. The Labute approximate surface area is 327 Å². The van der Waals surface area contributed by atoms with E-state index in [4.69, 9.17) is 9.05 Å². The van der Waals surface area contributed by atoms with Crippen LogP contribution in [-0.2, 0) is 18.4 Å². The Bertz CT molecular complexity index is 964. The zero-order chi connectivity index (χ0) is 39.3. The van der Waals surface area contributed by atoms with Crippen molar-refractivity contribution in [3.63, 3.8) is 0 Å². The molecule has 3 N–H and O–H groups in total. The molecule has 0 rings (SSSR count). The quantitative estimate of drug-likeness (QED) is 0.0249. The third-order valence-electron chi connectivity index (χ3n) is 9.58. The van der Waals surface area contributed by atoms with E-state index in [1.165, 1.54) is 116 Å². The molecule has 0 aliphatic carbocycles. The number of aliphatic hydroxyl groups excluding tert-OH is 1. The summed E-state index contributed by atoms with van der Waals surface area (Å²) in [6.07, 6.45) is 43.6. The van der Waals surface area contributed by atoms with Crippen LogP contribution >= 0.6 is 7.82 Å². The summed E-state index contributed by atoms with van der Waals surface area (Å²) in [4.78, 5) is 23.0. The Kier molecular flexibility index (Phi) is 35.5. The van der Waals surface area contributed by atoms with Gasteiger partial charge in [-0.1, -0.05) is 166 Å². The van der Waals surface area contributed by atoms with E-state index in [-0.39, 0.29) is 19.1 Å². The number of hydrogen-bond acceptors (Lipinski definition) is 5. The molecule has 0 aliphatic heterocycles. The molecule has 9 heteroatoms. The highest BCUT2D eigenvalue weighted by Gasteiger charge is 2.27. The van der Waals surface area contributed by atoms with Gasteiger partial charge >= 0.3 is 7.82 Å². The van der Waals surface area contributed by atoms with Gasteiger partial charge in [0.1, 0.15) is 13.2 Å². The first-order valence-corrected chi connectivity index (χ1v) is 23.4. The first kappa shape index (κ1) is 51.7. The molecule has 53 heavy (non-hydrogen) atoms.